The Morgan fingerprint density at radius 3 is 2.33 bits per heavy atom. The van der Waals surface area contributed by atoms with Crippen LogP contribution >= 0.6 is 0 Å². The molecule has 3 heteroatoms. The number of rotatable bonds is 4. The molecule has 2 heterocycles. The Labute approximate surface area is 130 Å². The fraction of sp³-hybridized carbons (Fsp3) is 1.00. The summed E-state index contributed by atoms with van der Waals surface area (Å²) < 4.78 is 0. The van der Waals surface area contributed by atoms with Crippen molar-refractivity contribution < 1.29 is 0 Å². The Morgan fingerprint density at radius 2 is 1.81 bits per heavy atom. The van der Waals surface area contributed by atoms with Gasteiger partial charge < -0.3 is 10.6 Å². The van der Waals surface area contributed by atoms with E-state index in [4.69, 9.17) is 5.73 Å². The van der Waals surface area contributed by atoms with Crippen molar-refractivity contribution in [1.82, 2.24) is 9.80 Å². The lowest BCUT2D eigenvalue weighted by molar-refractivity contribution is 0.00383. The average molecular weight is 291 g/mol. The van der Waals surface area contributed by atoms with E-state index < -0.39 is 0 Å². The van der Waals surface area contributed by atoms with Crippen molar-refractivity contribution in [2.75, 3.05) is 27.2 Å². The number of hydrogen-bond donors (Lipinski definition) is 1. The summed E-state index contributed by atoms with van der Waals surface area (Å²) >= 11 is 0. The molecule has 3 nitrogen and oxygen atoms in total. The molecule has 2 saturated heterocycles. The van der Waals surface area contributed by atoms with Crippen molar-refractivity contribution in [3.05, 3.63) is 0 Å². The number of nitrogens with two attached hydrogens (primary N) is 1. The summed E-state index contributed by atoms with van der Waals surface area (Å²) in [6.07, 6.45) is 11.4. The Balaban J connectivity index is 1.45. The third-order valence-electron chi connectivity index (χ3n) is 7.80. The van der Waals surface area contributed by atoms with Gasteiger partial charge in [-0.15, -0.1) is 0 Å². The highest BCUT2D eigenvalue weighted by atomic mass is 15.3. The van der Waals surface area contributed by atoms with E-state index in [2.05, 4.69) is 23.9 Å². The Morgan fingerprint density at radius 1 is 1.10 bits per heavy atom. The zero-order valence-electron chi connectivity index (χ0n) is 13.9. The molecular formula is C18H33N3. The number of fused-ring (bicyclic) bond motifs is 4. The van der Waals surface area contributed by atoms with Gasteiger partial charge in [0.2, 0.25) is 0 Å². The number of piperidine rings is 1. The molecule has 120 valence electrons. The predicted octanol–water partition coefficient (Wildman–Crippen LogP) is 2.31. The van der Waals surface area contributed by atoms with Gasteiger partial charge in [0.25, 0.3) is 0 Å². The van der Waals surface area contributed by atoms with Crippen LogP contribution in [0.5, 0.6) is 0 Å². The molecule has 0 aromatic carbocycles. The number of likely N-dealkylation sites (N-methyl/N-ethyl adjacent to an activating group) is 1. The highest BCUT2D eigenvalue weighted by molar-refractivity contribution is 5.06. The van der Waals surface area contributed by atoms with Gasteiger partial charge in [-0.25, -0.2) is 0 Å². The summed E-state index contributed by atoms with van der Waals surface area (Å²) in [5.74, 6) is 3.07. The molecule has 2 N–H and O–H groups in total. The van der Waals surface area contributed by atoms with Crippen molar-refractivity contribution in [2.24, 2.45) is 23.5 Å². The highest BCUT2D eigenvalue weighted by Gasteiger charge is 2.49. The van der Waals surface area contributed by atoms with Crippen molar-refractivity contribution in [3.63, 3.8) is 0 Å². The second-order valence-corrected chi connectivity index (χ2v) is 8.70. The lowest BCUT2D eigenvalue weighted by Gasteiger charge is -2.50. The van der Waals surface area contributed by atoms with E-state index in [0.717, 1.165) is 36.4 Å². The molecule has 4 rings (SSSR count). The van der Waals surface area contributed by atoms with Gasteiger partial charge in [-0.3, -0.25) is 4.90 Å². The van der Waals surface area contributed by atoms with Gasteiger partial charge in [0.05, 0.1) is 0 Å². The van der Waals surface area contributed by atoms with Crippen molar-refractivity contribution in [1.29, 1.82) is 0 Å². The first-order chi connectivity index (χ1) is 10.1. The third-order valence-corrected chi connectivity index (χ3v) is 7.80. The molecule has 2 aliphatic heterocycles. The van der Waals surface area contributed by atoms with Gasteiger partial charge in [0.1, 0.15) is 0 Å². The van der Waals surface area contributed by atoms with E-state index in [1.807, 2.05) is 0 Å². The fourth-order valence-electron chi connectivity index (χ4n) is 6.32. The summed E-state index contributed by atoms with van der Waals surface area (Å²) in [4.78, 5) is 5.34. The quantitative estimate of drug-likeness (QED) is 0.863. The first-order valence-electron chi connectivity index (χ1n) is 9.24. The Hall–Kier alpha value is -0.120. The fourth-order valence-corrected chi connectivity index (χ4v) is 6.32. The minimum Gasteiger partial charge on any atom is -0.329 e. The molecule has 0 spiro atoms. The molecule has 0 aromatic heterocycles. The third kappa shape index (κ3) is 2.27. The largest absolute Gasteiger partial charge is 0.329 e. The molecule has 21 heavy (non-hydrogen) atoms. The Bertz CT molecular complexity index is 382. The number of hydrogen-bond acceptors (Lipinski definition) is 3. The SMILES string of the molecule is CN1C2CCC1CC(CN)(N(C)CC1CC3CCC1C3)C2. The summed E-state index contributed by atoms with van der Waals surface area (Å²) in [7, 11) is 4.71. The summed E-state index contributed by atoms with van der Waals surface area (Å²) in [6.45, 7) is 2.16. The van der Waals surface area contributed by atoms with Crippen LogP contribution in [0.1, 0.15) is 51.4 Å². The minimum atomic E-state index is 0.292. The maximum Gasteiger partial charge on any atom is 0.0358 e. The van der Waals surface area contributed by atoms with Gasteiger partial charge in [0, 0.05) is 30.7 Å². The molecule has 4 fully saturated rings. The first-order valence-corrected chi connectivity index (χ1v) is 9.24. The monoisotopic (exact) mass is 291 g/mol. The van der Waals surface area contributed by atoms with E-state index in [0.29, 0.717) is 5.54 Å². The van der Waals surface area contributed by atoms with Gasteiger partial charge in [0.15, 0.2) is 0 Å². The van der Waals surface area contributed by atoms with E-state index in [9.17, 15) is 0 Å². The van der Waals surface area contributed by atoms with Crippen molar-refractivity contribution in [2.45, 2.75) is 69.0 Å². The van der Waals surface area contributed by atoms with E-state index in [1.165, 1.54) is 57.9 Å². The van der Waals surface area contributed by atoms with Crippen LogP contribution in [0.4, 0.5) is 0 Å². The van der Waals surface area contributed by atoms with Crippen molar-refractivity contribution >= 4 is 0 Å². The molecule has 2 saturated carbocycles. The second-order valence-electron chi connectivity index (χ2n) is 8.70. The smallest absolute Gasteiger partial charge is 0.0358 e. The molecule has 4 aliphatic rings. The van der Waals surface area contributed by atoms with Gasteiger partial charge in [-0.1, -0.05) is 6.42 Å². The molecular weight excluding hydrogens is 258 g/mol. The van der Waals surface area contributed by atoms with E-state index >= 15 is 0 Å². The molecule has 5 atom stereocenters. The van der Waals surface area contributed by atoms with Gasteiger partial charge in [-0.05, 0) is 76.8 Å². The topological polar surface area (TPSA) is 32.5 Å². The molecule has 2 aliphatic carbocycles. The van der Waals surface area contributed by atoms with Gasteiger partial charge in [-0.2, -0.15) is 0 Å². The molecule has 0 radical (unpaired) electrons. The van der Waals surface area contributed by atoms with Crippen LogP contribution in [0.2, 0.25) is 0 Å². The van der Waals surface area contributed by atoms with Crippen molar-refractivity contribution in [3.8, 4) is 0 Å². The lowest BCUT2D eigenvalue weighted by Crippen LogP contribution is -2.61. The molecule has 0 aromatic rings. The maximum atomic E-state index is 6.33. The average Bonchev–Trinajstić information content (AvgIpc) is 3.13. The van der Waals surface area contributed by atoms with Crippen LogP contribution in [0, 0.1) is 17.8 Å². The predicted molar refractivity (Wildman–Crippen MR) is 87.2 cm³/mol. The normalized spacial score (nSPS) is 49.4. The first kappa shape index (κ1) is 14.5. The standard InChI is InChI=1S/C18H33N3/c1-20(11-15-8-13-3-4-14(15)7-13)18(12-19)9-16-5-6-17(10-18)21(16)2/h13-17H,3-12,19H2,1-2H3. The zero-order chi connectivity index (χ0) is 14.6. The minimum absolute atomic E-state index is 0.292. The molecule has 0 amide bonds. The summed E-state index contributed by atoms with van der Waals surface area (Å²) in [6, 6.07) is 1.57. The van der Waals surface area contributed by atoms with Crippen LogP contribution in [0.15, 0.2) is 0 Å². The van der Waals surface area contributed by atoms with Gasteiger partial charge >= 0.3 is 0 Å². The summed E-state index contributed by atoms with van der Waals surface area (Å²) in [5, 5.41) is 0. The lowest BCUT2D eigenvalue weighted by atomic mass is 9.80. The van der Waals surface area contributed by atoms with Crippen LogP contribution in [-0.4, -0.2) is 54.6 Å². The molecule has 4 bridgehead atoms. The summed E-state index contributed by atoms with van der Waals surface area (Å²) in [5.41, 5.74) is 6.62. The van der Waals surface area contributed by atoms with Crippen LogP contribution in [0.3, 0.4) is 0 Å². The van der Waals surface area contributed by atoms with Crippen LogP contribution < -0.4 is 5.73 Å². The Kier molecular flexibility index (Phi) is 3.59. The zero-order valence-corrected chi connectivity index (χ0v) is 13.9. The molecule has 5 unspecified atom stereocenters. The number of nitrogens with zero attached hydrogens (tertiary/aromatic N) is 2. The second kappa shape index (κ2) is 5.21. The van der Waals surface area contributed by atoms with E-state index in [-0.39, 0.29) is 0 Å². The van der Waals surface area contributed by atoms with E-state index in [1.54, 1.807) is 0 Å². The van der Waals surface area contributed by atoms with Crippen LogP contribution in [-0.2, 0) is 0 Å². The van der Waals surface area contributed by atoms with Crippen LogP contribution in [0.25, 0.3) is 0 Å². The highest BCUT2D eigenvalue weighted by Crippen LogP contribution is 2.49. The maximum absolute atomic E-state index is 6.33.